The van der Waals surface area contributed by atoms with Gasteiger partial charge in [-0.05, 0) is 60.7 Å². The van der Waals surface area contributed by atoms with E-state index < -0.39 is 17.7 Å². The van der Waals surface area contributed by atoms with Crippen LogP contribution in [0.15, 0.2) is 36.4 Å². The van der Waals surface area contributed by atoms with Gasteiger partial charge in [-0.15, -0.1) is 0 Å². The van der Waals surface area contributed by atoms with Crippen LogP contribution in [0.3, 0.4) is 0 Å². The van der Waals surface area contributed by atoms with Crippen LogP contribution >= 0.6 is 0 Å². The first-order valence-corrected chi connectivity index (χ1v) is 11.1. The third kappa shape index (κ3) is 4.08. The van der Waals surface area contributed by atoms with E-state index in [0.29, 0.717) is 17.7 Å². The summed E-state index contributed by atoms with van der Waals surface area (Å²) < 4.78 is 27.7. The van der Waals surface area contributed by atoms with Crippen LogP contribution in [0.2, 0.25) is 0 Å². The maximum absolute atomic E-state index is 14.1. The van der Waals surface area contributed by atoms with E-state index in [0.717, 1.165) is 43.1 Å². The van der Waals surface area contributed by atoms with E-state index in [9.17, 15) is 23.2 Å². The zero-order valence-corrected chi connectivity index (χ0v) is 18.0. The molecule has 7 nitrogen and oxygen atoms in total. The second kappa shape index (κ2) is 8.55. The molecule has 9 heteroatoms. The number of likely N-dealkylation sites (tertiary alicyclic amines) is 1. The molecule has 0 bridgehead atoms. The molecule has 0 radical (unpaired) electrons. The van der Waals surface area contributed by atoms with E-state index in [1.54, 1.807) is 18.2 Å². The minimum atomic E-state index is -0.801. The Morgan fingerprint density at radius 2 is 1.76 bits per heavy atom. The Balaban J connectivity index is 1.22. The van der Waals surface area contributed by atoms with Gasteiger partial charge in [0.25, 0.3) is 5.91 Å². The van der Waals surface area contributed by atoms with Gasteiger partial charge >= 0.3 is 6.03 Å². The molecule has 3 heterocycles. The highest BCUT2D eigenvalue weighted by Gasteiger charge is 2.37. The Morgan fingerprint density at radius 1 is 0.970 bits per heavy atom. The molecule has 3 aliphatic rings. The normalized spacial score (nSPS) is 19.8. The van der Waals surface area contributed by atoms with E-state index in [-0.39, 0.29) is 37.2 Å². The van der Waals surface area contributed by atoms with Crippen LogP contribution in [-0.4, -0.2) is 52.4 Å². The molecular formula is C24H24F2N4O3. The molecule has 0 unspecified atom stereocenters. The molecule has 1 N–H and O–H groups in total. The lowest BCUT2D eigenvalue weighted by atomic mass is 9.89. The number of hydrazine groups is 1. The lowest BCUT2D eigenvalue weighted by Crippen LogP contribution is -2.56. The number of nitrogens with one attached hydrogen (secondary N) is 1. The van der Waals surface area contributed by atoms with Crippen molar-refractivity contribution in [2.75, 3.05) is 19.6 Å². The number of carbonyl (C=O) groups is 3. The topological polar surface area (TPSA) is 73.0 Å². The molecule has 2 fully saturated rings. The van der Waals surface area contributed by atoms with E-state index >= 15 is 0 Å². The monoisotopic (exact) mass is 454 g/mol. The lowest BCUT2D eigenvalue weighted by molar-refractivity contribution is -0.123. The maximum Gasteiger partial charge on any atom is 0.342 e. The molecule has 172 valence electrons. The number of rotatable bonds is 4. The third-order valence-corrected chi connectivity index (χ3v) is 6.69. The van der Waals surface area contributed by atoms with Gasteiger partial charge in [-0.3, -0.25) is 19.8 Å². The predicted molar refractivity (Wildman–Crippen MR) is 115 cm³/mol. The van der Waals surface area contributed by atoms with Gasteiger partial charge in [-0.2, -0.15) is 0 Å². The van der Waals surface area contributed by atoms with Crippen LogP contribution in [-0.2, 0) is 17.9 Å². The third-order valence-electron chi connectivity index (χ3n) is 6.69. The number of hydrogen-bond acceptors (Lipinski definition) is 4. The number of imide groups is 1. The van der Waals surface area contributed by atoms with Gasteiger partial charge < -0.3 is 0 Å². The first kappa shape index (κ1) is 21.5. The van der Waals surface area contributed by atoms with Gasteiger partial charge in [0.2, 0.25) is 5.91 Å². The van der Waals surface area contributed by atoms with Gasteiger partial charge in [-0.1, -0.05) is 24.3 Å². The minimum Gasteiger partial charge on any atom is -0.299 e. The predicted octanol–water partition coefficient (Wildman–Crippen LogP) is 3.16. The standard InChI is InChI=1S/C24H24F2N4O3/c25-20-3-1-2-18(22(20)26)16-6-9-28(10-7-16)13-15-4-5-19-17(12-15)14-30(23(19)32)29-11-8-21(31)27-24(29)33/h1-5,12,16H,6-11,13-14H2,(H,27,31,33). The van der Waals surface area contributed by atoms with Crippen molar-refractivity contribution < 1.29 is 23.2 Å². The lowest BCUT2D eigenvalue weighted by Gasteiger charge is -2.33. The fraction of sp³-hybridized carbons (Fsp3) is 0.375. The molecule has 2 saturated heterocycles. The smallest absolute Gasteiger partial charge is 0.299 e. The summed E-state index contributed by atoms with van der Waals surface area (Å²) in [6, 6.07) is 9.47. The molecular weight excluding hydrogens is 430 g/mol. The first-order chi connectivity index (χ1) is 15.9. The molecule has 0 saturated carbocycles. The van der Waals surface area contributed by atoms with Crippen LogP contribution in [0.5, 0.6) is 0 Å². The molecule has 4 amide bonds. The van der Waals surface area contributed by atoms with Crippen molar-refractivity contribution in [3.63, 3.8) is 0 Å². The Kier molecular flexibility index (Phi) is 5.57. The highest BCUT2D eigenvalue weighted by Crippen LogP contribution is 2.32. The van der Waals surface area contributed by atoms with Crippen molar-refractivity contribution in [1.29, 1.82) is 0 Å². The Labute approximate surface area is 189 Å². The van der Waals surface area contributed by atoms with Crippen molar-refractivity contribution >= 4 is 17.8 Å². The van der Waals surface area contributed by atoms with Gasteiger partial charge in [0, 0.05) is 18.5 Å². The summed E-state index contributed by atoms with van der Waals surface area (Å²) in [7, 11) is 0. The Morgan fingerprint density at radius 3 is 2.52 bits per heavy atom. The average molecular weight is 454 g/mol. The number of urea groups is 1. The maximum atomic E-state index is 14.1. The van der Waals surface area contributed by atoms with Gasteiger partial charge in [0.05, 0.1) is 13.1 Å². The van der Waals surface area contributed by atoms with E-state index in [2.05, 4.69) is 10.2 Å². The fourth-order valence-electron chi connectivity index (χ4n) is 4.93. The molecule has 0 aliphatic carbocycles. The summed E-state index contributed by atoms with van der Waals surface area (Å²) in [4.78, 5) is 38.6. The average Bonchev–Trinajstić information content (AvgIpc) is 3.12. The summed E-state index contributed by atoms with van der Waals surface area (Å²) in [6.07, 6.45) is 1.66. The Bertz CT molecular complexity index is 1130. The Hall–Kier alpha value is -3.33. The summed E-state index contributed by atoms with van der Waals surface area (Å²) >= 11 is 0. The van der Waals surface area contributed by atoms with Crippen molar-refractivity contribution in [2.45, 2.75) is 38.3 Å². The number of fused-ring (bicyclic) bond motifs is 1. The van der Waals surface area contributed by atoms with Gasteiger partial charge in [-0.25, -0.2) is 23.6 Å². The molecule has 0 aromatic heterocycles. The SMILES string of the molecule is O=C1CCN(N2Cc3cc(CN4CCC(c5cccc(F)c5F)CC4)ccc3C2=O)C(=O)N1. The zero-order chi connectivity index (χ0) is 23.1. The van der Waals surface area contributed by atoms with Crippen LogP contribution in [0, 0.1) is 11.6 Å². The molecule has 2 aromatic rings. The molecule has 2 aromatic carbocycles. The summed E-state index contributed by atoms with van der Waals surface area (Å²) in [5.41, 5.74) is 2.91. The van der Waals surface area contributed by atoms with Crippen molar-refractivity contribution in [3.8, 4) is 0 Å². The summed E-state index contributed by atoms with van der Waals surface area (Å²) in [5, 5.41) is 4.92. The fourth-order valence-corrected chi connectivity index (χ4v) is 4.93. The number of nitrogens with zero attached hydrogens (tertiary/aromatic N) is 3. The second-order valence-corrected chi connectivity index (χ2v) is 8.77. The quantitative estimate of drug-likeness (QED) is 0.771. The number of halogens is 2. The second-order valence-electron chi connectivity index (χ2n) is 8.77. The van der Waals surface area contributed by atoms with Crippen molar-refractivity contribution in [3.05, 3.63) is 70.3 Å². The summed E-state index contributed by atoms with van der Waals surface area (Å²) in [6.45, 7) is 2.69. The number of carbonyl (C=O) groups excluding carboxylic acids is 3. The van der Waals surface area contributed by atoms with E-state index in [4.69, 9.17) is 0 Å². The van der Waals surface area contributed by atoms with Crippen LogP contribution < -0.4 is 5.32 Å². The highest BCUT2D eigenvalue weighted by atomic mass is 19.2. The van der Waals surface area contributed by atoms with Crippen LogP contribution in [0.25, 0.3) is 0 Å². The molecule has 3 aliphatic heterocycles. The highest BCUT2D eigenvalue weighted by molar-refractivity contribution is 6.01. The van der Waals surface area contributed by atoms with Gasteiger partial charge in [0.15, 0.2) is 11.6 Å². The van der Waals surface area contributed by atoms with Crippen molar-refractivity contribution in [1.82, 2.24) is 20.2 Å². The van der Waals surface area contributed by atoms with Crippen molar-refractivity contribution in [2.24, 2.45) is 0 Å². The van der Waals surface area contributed by atoms with Gasteiger partial charge in [0.1, 0.15) is 0 Å². The molecule has 0 spiro atoms. The zero-order valence-electron chi connectivity index (χ0n) is 18.0. The van der Waals surface area contributed by atoms with E-state index in [1.165, 1.54) is 10.0 Å². The molecule has 0 atom stereocenters. The van der Waals surface area contributed by atoms with E-state index in [1.807, 2.05) is 12.1 Å². The largest absolute Gasteiger partial charge is 0.342 e. The number of hydrogen-bond donors (Lipinski definition) is 1. The first-order valence-electron chi connectivity index (χ1n) is 11.1. The van der Waals surface area contributed by atoms with Crippen LogP contribution in [0.4, 0.5) is 13.6 Å². The molecule has 5 rings (SSSR count). The number of piperidine rings is 1. The number of amides is 4. The van der Waals surface area contributed by atoms with Crippen LogP contribution in [0.1, 0.15) is 52.2 Å². The minimum absolute atomic E-state index is 0.00530. The number of benzene rings is 2. The summed E-state index contributed by atoms with van der Waals surface area (Å²) in [5.74, 6) is -2.13. The molecule has 33 heavy (non-hydrogen) atoms.